The van der Waals surface area contributed by atoms with E-state index in [-0.39, 0.29) is 12.0 Å². The summed E-state index contributed by atoms with van der Waals surface area (Å²) < 4.78 is 0. The molecule has 2 aromatic rings. The number of aliphatic hydroxyl groups is 1. The van der Waals surface area contributed by atoms with Crippen LogP contribution in [0.15, 0.2) is 0 Å². The molecule has 0 saturated heterocycles. The van der Waals surface area contributed by atoms with Crippen molar-refractivity contribution in [1.82, 2.24) is 19.9 Å². The molecule has 2 aromatic heterocycles. The molecular weight excluding hydrogens is 318 g/mol. The van der Waals surface area contributed by atoms with Crippen LogP contribution in [0.4, 0.5) is 17.7 Å². The first-order valence-corrected chi connectivity index (χ1v) is 9.02. The van der Waals surface area contributed by atoms with Gasteiger partial charge in [-0.2, -0.15) is 4.98 Å². The van der Waals surface area contributed by atoms with Gasteiger partial charge in [0.2, 0.25) is 11.9 Å². The third-order valence-corrected chi connectivity index (χ3v) is 4.68. The molecule has 1 aliphatic rings. The SMILES string of the molecule is CCCNc1nc(NC)nc2c(C[C@H]3CCC[C@@H]3O)nc(NC)nc12. The summed E-state index contributed by atoms with van der Waals surface area (Å²) in [6.07, 6.45) is 4.38. The molecule has 25 heavy (non-hydrogen) atoms. The second-order valence-corrected chi connectivity index (χ2v) is 6.48. The Kier molecular flexibility index (Phi) is 5.47. The monoisotopic (exact) mass is 345 g/mol. The van der Waals surface area contributed by atoms with Crippen LogP contribution in [0.5, 0.6) is 0 Å². The quantitative estimate of drug-likeness (QED) is 0.604. The van der Waals surface area contributed by atoms with Crippen molar-refractivity contribution in [2.45, 2.75) is 45.1 Å². The smallest absolute Gasteiger partial charge is 0.225 e. The van der Waals surface area contributed by atoms with Gasteiger partial charge in [-0.25, -0.2) is 15.0 Å². The van der Waals surface area contributed by atoms with Crippen molar-refractivity contribution in [3.05, 3.63) is 5.69 Å². The van der Waals surface area contributed by atoms with Gasteiger partial charge in [-0.3, -0.25) is 0 Å². The van der Waals surface area contributed by atoms with Crippen molar-refractivity contribution in [3.8, 4) is 0 Å². The number of fused-ring (bicyclic) bond motifs is 1. The van der Waals surface area contributed by atoms with Crippen LogP contribution in [0, 0.1) is 5.92 Å². The molecule has 0 unspecified atom stereocenters. The summed E-state index contributed by atoms with van der Waals surface area (Å²) in [6, 6.07) is 0. The number of hydrogen-bond acceptors (Lipinski definition) is 8. The molecule has 4 N–H and O–H groups in total. The molecular formula is C17H27N7O. The maximum atomic E-state index is 10.2. The predicted molar refractivity (Wildman–Crippen MR) is 100 cm³/mol. The molecule has 136 valence electrons. The molecule has 1 fully saturated rings. The zero-order valence-corrected chi connectivity index (χ0v) is 15.1. The number of aromatic nitrogens is 4. The molecule has 0 radical (unpaired) electrons. The Morgan fingerprint density at radius 1 is 1.00 bits per heavy atom. The van der Waals surface area contributed by atoms with Crippen LogP contribution < -0.4 is 16.0 Å². The van der Waals surface area contributed by atoms with Gasteiger partial charge in [-0.1, -0.05) is 13.3 Å². The highest BCUT2D eigenvalue weighted by Gasteiger charge is 2.27. The van der Waals surface area contributed by atoms with Gasteiger partial charge in [0.15, 0.2) is 5.82 Å². The zero-order chi connectivity index (χ0) is 17.8. The molecule has 0 amide bonds. The van der Waals surface area contributed by atoms with E-state index in [0.29, 0.717) is 29.7 Å². The van der Waals surface area contributed by atoms with Gasteiger partial charge < -0.3 is 21.1 Å². The van der Waals surface area contributed by atoms with E-state index < -0.39 is 0 Å². The molecule has 0 spiro atoms. The van der Waals surface area contributed by atoms with Gasteiger partial charge in [0.1, 0.15) is 11.0 Å². The first kappa shape index (κ1) is 17.6. The fourth-order valence-electron chi connectivity index (χ4n) is 3.31. The largest absolute Gasteiger partial charge is 0.393 e. The Hall–Kier alpha value is -2.22. The second-order valence-electron chi connectivity index (χ2n) is 6.48. The van der Waals surface area contributed by atoms with Gasteiger partial charge in [0, 0.05) is 20.6 Å². The van der Waals surface area contributed by atoms with Crippen molar-refractivity contribution in [2.75, 3.05) is 36.6 Å². The third kappa shape index (κ3) is 3.73. The van der Waals surface area contributed by atoms with E-state index in [1.807, 2.05) is 0 Å². The molecule has 0 aliphatic heterocycles. The lowest BCUT2D eigenvalue weighted by molar-refractivity contribution is 0.132. The Bertz CT molecular complexity index is 736. The summed E-state index contributed by atoms with van der Waals surface area (Å²) in [5, 5.41) is 19.6. The highest BCUT2D eigenvalue weighted by atomic mass is 16.3. The summed E-state index contributed by atoms with van der Waals surface area (Å²) in [7, 11) is 3.60. The van der Waals surface area contributed by atoms with Gasteiger partial charge in [0.05, 0.1) is 11.8 Å². The molecule has 1 saturated carbocycles. The van der Waals surface area contributed by atoms with Crippen molar-refractivity contribution in [1.29, 1.82) is 0 Å². The van der Waals surface area contributed by atoms with E-state index in [0.717, 1.165) is 43.4 Å². The summed E-state index contributed by atoms with van der Waals surface area (Å²) in [5.41, 5.74) is 2.32. The lowest BCUT2D eigenvalue weighted by Gasteiger charge is -2.17. The highest BCUT2D eigenvalue weighted by Crippen LogP contribution is 2.31. The number of rotatable bonds is 7. The van der Waals surface area contributed by atoms with Crippen LogP contribution in [0.3, 0.4) is 0 Å². The number of aliphatic hydroxyl groups excluding tert-OH is 1. The summed E-state index contributed by atoms with van der Waals surface area (Å²) in [6.45, 7) is 2.92. The normalized spacial score (nSPS) is 20.0. The lowest BCUT2D eigenvalue weighted by Crippen LogP contribution is -2.18. The van der Waals surface area contributed by atoms with Crippen molar-refractivity contribution < 1.29 is 5.11 Å². The average Bonchev–Trinajstić information content (AvgIpc) is 3.04. The standard InChI is InChI=1S/C17H27N7O/c1-4-8-20-15-14-13(22-17(19-3)24-15)11(21-16(18-2)23-14)9-10-6-5-7-12(10)25/h10,12,25H,4-9H2,1-3H3,(H,18,21,23)(H2,19,20,22,24)/t10-,12+/m1/s1. The van der Waals surface area contributed by atoms with Crippen molar-refractivity contribution in [2.24, 2.45) is 5.92 Å². The zero-order valence-electron chi connectivity index (χ0n) is 15.1. The van der Waals surface area contributed by atoms with Gasteiger partial charge in [-0.05, 0) is 31.6 Å². The average molecular weight is 345 g/mol. The molecule has 1 aliphatic carbocycles. The fraction of sp³-hybridized carbons (Fsp3) is 0.647. The predicted octanol–water partition coefficient (Wildman–Crippen LogP) is 2.03. The fourth-order valence-corrected chi connectivity index (χ4v) is 3.31. The van der Waals surface area contributed by atoms with Gasteiger partial charge >= 0.3 is 0 Å². The van der Waals surface area contributed by atoms with E-state index in [4.69, 9.17) is 0 Å². The van der Waals surface area contributed by atoms with E-state index >= 15 is 0 Å². The van der Waals surface area contributed by atoms with Gasteiger partial charge in [-0.15, -0.1) is 0 Å². The Balaban J connectivity index is 2.10. The maximum Gasteiger partial charge on any atom is 0.225 e. The lowest BCUT2D eigenvalue weighted by atomic mass is 9.99. The minimum absolute atomic E-state index is 0.225. The van der Waals surface area contributed by atoms with Crippen molar-refractivity contribution >= 4 is 28.7 Å². The van der Waals surface area contributed by atoms with Crippen molar-refractivity contribution in [3.63, 3.8) is 0 Å². The number of nitrogens with one attached hydrogen (secondary N) is 3. The van der Waals surface area contributed by atoms with E-state index in [9.17, 15) is 5.11 Å². The van der Waals surface area contributed by atoms with Crippen LogP contribution in [0.1, 0.15) is 38.3 Å². The Morgan fingerprint density at radius 3 is 2.36 bits per heavy atom. The molecule has 8 nitrogen and oxygen atoms in total. The minimum atomic E-state index is -0.258. The Morgan fingerprint density at radius 2 is 1.72 bits per heavy atom. The van der Waals surface area contributed by atoms with E-state index in [1.165, 1.54) is 0 Å². The van der Waals surface area contributed by atoms with Crippen LogP contribution in [-0.2, 0) is 6.42 Å². The molecule has 2 heterocycles. The first-order chi connectivity index (χ1) is 12.2. The molecule has 3 rings (SSSR count). The number of anilines is 3. The van der Waals surface area contributed by atoms with E-state index in [1.54, 1.807) is 14.1 Å². The summed E-state index contributed by atoms with van der Waals surface area (Å²) >= 11 is 0. The topological polar surface area (TPSA) is 108 Å². The molecule has 2 atom stereocenters. The summed E-state index contributed by atoms with van der Waals surface area (Å²) in [5.74, 6) is 2.03. The molecule has 0 aromatic carbocycles. The number of hydrogen-bond donors (Lipinski definition) is 4. The van der Waals surface area contributed by atoms with Crippen LogP contribution in [0.2, 0.25) is 0 Å². The van der Waals surface area contributed by atoms with Crippen LogP contribution in [0.25, 0.3) is 11.0 Å². The maximum absolute atomic E-state index is 10.2. The summed E-state index contributed by atoms with van der Waals surface area (Å²) in [4.78, 5) is 18.3. The van der Waals surface area contributed by atoms with E-state index in [2.05, 4.69) is 42.8 Å². The molecule has 8 heteroatoms. The molecule has 0 bridgehead atoms. The number of nitrogens with zero attached hydrogens (tertiary/aromatic N) is 4. The van der Waals surface area contributed by atoms with Crippen LogP contribution >= 0.6 is 0 Å². The van der Waals surface area contributed by atoms with Crippen LogP contribution in [-0.4, -0.2) is 51.8 Å². The minimum Gasteiger partial charge on any atom is -0.393 e. The Labute approximate surface area is 147 Å². The second kappa shape index (κ2) is 7.77. The first-order valence-electron chi connectivity index (χ1n) is 9.02. The third-order valence-electron chi connectivity index (χ3n) is 4.68. The van der Waals surface area contributed by atoms with Gasteiger partial charge in [0.25, 0.3) is 0 Å². The highest BCUT2D eigenvalue weighted by molar-refractivity contribution is 5.88.